The lowest BCUT2D eigenvalue weighted by molar-refractivity contribution is -0.148. The zero-order valence-corrected chi connectivity index (χ0v) is 45.3. The Balaban J connectivity index is 1.40. The van der Waals surface area contributed by atoms with Gasteiger partial charge in [0.05, 0.1) is 19.0 Å². The van der Waals surface area contributed by atoms with Crippen molar-refractivity contribution in [1.29, 1.82) is 0 Å². The molecule has 0 aromatic heterocycles. The molecule has 78 heavy (non-hydrogen) atoms. The quantitative estimate of drug-likeness (QED) is 0.0448. The van der Waals surface area contributed by atoms with E-state index in [4.69, 9.17) is 11.5 Å². The third kappa shape index (κ3) is 17.3. The summed E-state index contributed by atoms with van der Waals surface area (Å²) >= 11 is 0. The molecule has 3 saturated heterocycles. The third-order valence-corrected chi connectivity index (χ3v) is 14.8. The number of carboxylic acid groups (broad SMARTS) is 2. The number of phenolic OH excluding ortho intramolecular Hbond substituents is 1. The van der Waals surface area contributed by atoms with E-state index < -0.39 is 169 Å². The normalized spacial score (nSPS) is 20.2. The first-order chi connectivity index (χ1) is 36.8. The average Bonchev–Trinajstić information content (AvgIpc) is 4.24. The molecular formula is C52H79N11O15. The highest BCUT2D eigenvalue weighted by molar-refractivity contribution is 5.99. The van der Waals surface area contributed by atoms with Gasteiger partial charge in [0.25, 0.3) is 0 Å². The summed E-state index contributed by atoms with van der Waals surface area (Å²) in [7, 11) is 0. The lowest BCUT2D eigenvalue weighted by Gasteiger charge is -2.34. The average molecular weight is 1100 g/mol. The van der Waals surface area contributed by atoms with Crippen molar-refractivity contribution in [2.75, 3.05) is 26.2 Å². The SMILES string of the molecule is CC[C@H](C)[C@H](NC(=O)[C@H](CCC(=O)O)NC(=O)CNC(=O)[C@@H](NC(=O)[C@@H]1CCCN1C(=O)[C@@H](NC(=O)[C@@H]1CCCN1C(=O)[C@@H]1CCCN1C(=O)[C@@H](N)CC(N)=O)[C@@H](C)CC)C(C)C)C(=O)N[C@@H](Cc1ccc(O)cc1)C(=O)O. The molecule has 1 aromatic rings. The maximum absolute atomic E-state index is 14.5. The number of hydrogen-bond donors (Lipinski definition) is 11. The van der Waals surface area contributed by atoms with Crippen molar-refractivity contribution in [3.05, 3.63) is 29.8 Å². The molecule has 0 spiro atoms. The molecule has 13 N–H and O–H groups in total. The maximum Gasteiger partial charge on any atom is 0.326 e. The van der Waals surface area contributed by atoms with Gasteiger partial charge in [-0.3, -0.25) is 52.7 Å². The highest BCUT2D eigenvalue weighted by Crippen LogP contribution is 2.27. The molecule has 4 rings (SSSR count). The molecule has 3 aliphatic rings. The second kappa shape index (κ2) is 29.4. The van der Waals surface area contributed by atoms with E-state index >= 15 is 0 Å². The van der Waals surface area contributed by atoms with Crippen LogP contribution in [0.2, 0.25) is 0 Å². The summed E-state index contributed by atoms with van der Waals surface area (Å²) in [6, 6.07) is -5.11. The highest BCUT2D eigenvalue weighted by atomic mass is 16.4. The van der Waals surface area contributed by atoms with Crippen molar-refractivity contribution in [1.82, 2.24) is 46.6 Å². The fourth-order valence-corrected chi connectivity index (χ4v) is 9.84. The molecular weight excluding hydrogens is 1020 g/mol. The lowest BCUT2D eigenvalue weighted by atomic mass is 9.96. The third-order valence-electron chi connectivity index (χ3n) is 14.8. The van der Waals surface area contributed by atoms with Crippen molar-refractivity contribution in [3.63, 3.8) is 0 Å². The van der Waals surface area contributed by atoms with E-state index in [1.807, 2.05) is 6.92 Å². The molecule has 26 heteroatoms. The molecule has 3 heterocycles. The molecule has 0 bridgehead atoms. The van der Waals surface area contributed by atoms with Gasteiger partial charge in [-0.2, -0.15) is 0 Å². The van der Waals surface area contributed by atoms with Crippen molar-refractivity contribution < 1.29 is 72.9 Å². The number of aliphatic carboxylic acids is 2. The minimum Gasteiger partial charge on any atom is -0.508 e. The van der Waals surface area contributed by atoms with Crippen LogP contribution in [0.1, 0.15) is 118 Å². The van der Waals surface area contributed by atoms with Gasteiger partial charge in [0.15, 0.2) is 0 Å². The van der Waals surface area contributed by atoms with Crippen LogP contribution in [-0.4, -0.2) is 182 Å². The predicted molar refractivity (Wildman–Crippen MR) is 279 cm³/mol. The minimum atomic E-state index is -1.53. The number of carbonyl (C=O) groups excluding carboxylic acids is 10. The number of carboxylic acids is 2. The number of rotatable bonds is 28. The number of hydrogen-bond acceptors (Lipinski definition) is 14. The zero-order chi connectivity index (χ0) is 58.1. The number of nitrogens with two attached hydrogens (primary N) is 2. The number of phenols is 1. The molecule has 11 atom stereocenters. The second-order valence-electron chi connectivity index (χ2n) is 20.9. The monoisotopic (exact) mass is 1100 g/mol. The van der Waals surface area contributed by atoms with E-state index in [-0.39, 0.29) is 38.2 Å². The van der Waals surface area contributed by atoms with E-state index in [9.17, 15) is 72.9 Å². The van der Waals surface area contributed by atoms with Gasteiger partial charge in [0.2, 0.25) is 59.1 Å². The largest absolute Gasteiger partial charge is 0.508 e. The molecule has 0 radical (unpaired) electrons. The van der Waals surface area contributed by atoms with Crippen LogP contribution < -0.4 is 43.4 Å². The molecule has 10 amide bonds. The van der Waals surface area contributed by atoms with Crippen LogP contribution in [0, 0.1) is 17.8 Å². The number of carbonyl (C=O) groups is 12. The Kier molecular flexibility index (Phi) is 23.8. The van der Waals surface area contributed by atoms with Crippen molar-refractivity contribution in [2.45, 2.75) is 173 Å². The Morgan fingerprint density at radius 3 is 1.69 bits per heavy atom. The van der Waals surface area contributed by atoms with Crippen LogP contribution in [0.15, 0.2) is 24.3 Å². The van der Waals surface area contributed by atoms with Gasteiger partial charge < -0.3 is 73.4 Å². The molecule has 0 saturated carbocycles. The van der Waals surface area contributed by atoms with E-state index in [1.165, 1.54) is 39.0 Å². The molecule has 432 valence electrons. The predicted octanol–water partition coefficient (Wildman–Crippen LogP) is -1.65. The van der Waals surface area contributed by atoms with E-state index in [0.717, 1.165) is 0 Å². The number of benzene rings is 1. The molecule has 26 nitrogen and oxygen atoms in total. The standard InChI is InChI=1S/C52H79N11O15/c1-7-28(5)42(48(73)57-34(52(77)78)24-30-15-17-31(64)18-16-30)59-44(69)33(19-20-40(67)68)56-39(66)26-55-47(72)41(27(3)4)58-45(70)36-13-10-22-62(36)51(76)43(29(6)8-2)60-46(71)35-12-9-21-61(35)50(75)37-14-11-23-63(37)49(74)32(53)25-38(54)65/h15-18,27-29,32-37,41-43,64H,7-14,19-26,53H2,1-6H3,(H2,54,65)(H,55,72)(H,56,66)(H,57,73)(H,58,70)(H,59,69)(H,60,71)(H,67,68)(H,77,78)/t28-,29-,32-,33-,34-,35-,36-,37-,41-,42-,43-/m0/s1. The van der Waals surface area contributed by atoms with Crippen LogP contribution >= 0.6 is 0 Å². The minimum absolute atomic E-state index is 0.0459. The van der Waals surface area contributed by atoms with Crippen LogP contribution in [0.4, 0.5) is 0 Å². The van der Waals surface area contributed by atoms with Gasteiger partial charge >= 0.3 is 11.9 Å². The summed E-state index contributed by atoms with van der Waals surface area (Å²) < 4.78 is 0. The van der Waals surface area contributed by atoms with Gasteiger partial charge in [0, 0.05) is 32.5 Å². The summed E-state index contributed by atoms with van der Waals surface area (Å²) in [5.41, 5.74) is 11.7. The number of nitrogens with one attached hydrogen (secondary N) is 6. The summed E-state index contributed by atoms with van der Waals surface area (Å²) in [5.74, 6) is -11.4. The molecule has 3 fully saturated rings. The topological polar surface area (TPSA) is 399 Å². The van der Waals surface area contributed by atoms with Gasteiger partial charge in [-0.1, -0.05) is 66.5 Å². The molecule has 0 unspecified atom stereocenters. The Hall–Kier alpha value is -7.38. The first-order valence-electron chi connectivity index (χ1n) is 26.8. The van der Waals surface area contributed by atoms with Crippen LogP contribution in [0.3, 0.4) is 0 Å². The smallest absolute Gasteiger partial charge is 0.326 e. The molecule has 0 aliphatic carbocycles. The van der Waals surface area contributed by atoms with E-state index in [2.05, 4.69) is 31.9 Å². The first kappa shape index (κ1) is 63.2. The Morgan fingerprint density at radius 2 is 1.15 bits per heavy atom. The zero-order valence-electron chi connectivity index (χ0n) is 45.3. The number of likely N-dealkylation sites (tertiary alicyclic amines) is 3. The summed E-state index contributed by atoms with van der Waals surface area (Å²) in [6.45, 7) is 10.1. The van der Waals surface area contributed by atoms with Crippen molar-refractivity contribution in [2.24, 2.45) is 29.2 Å². The Labute approximate surface area is 453 Å². The second-order valence-corrected chi connectivity index (χ2v) is 20.9. The highest BCUT2D eigenvalue weighted by Gasteiger charge is 2.46. The summed E-state index contributed by atoms with van der Waals surface area (Å²) in [5, 5.41) is 44.3. The van der Waals surface area contributed by atoms with Crippen LogP contribution in [0.5, 0.6) is 5.75 Å². The first-order valence-corrected chi connectivity index (χ1v) is 26.8. The van der Waals surface area contributed by atoms with Gasteiger partial charge in [-0.15, -0.1) is 0 Å². The fourth-order valence-electron chi connectivity index (χ4n) is 9.84. The number of aromatic hydroxyl groups is 1. The van der Waals surface area contributed by atoms with Gasteiger partial charge in [0.1, 0.15) is 54.1 Å². The number of primary amides is 1. The lowest BCUT2D eigenvalue weighted by Crippen LogP contribution is -2.60. The molecule has 1 aromatic carbocycles. The van der Waals surface area contributed by atoms with Crippen molar-refractivity contribution in [3.8, 4) is 5.75 Å². The fraction of sp³-hybridized carbons (Fsp3) is 0.654. The Bertz CT molecular complexity index is 2370. The summed E-state index contributed by atoms with van der Waals surface area (Å²) in [6.07, 6.45) is 1.44. The Morgan fingerprint density at radius 1 is 0.628 bits per heavy atom. The van der Waals surface area contributed by atoms with E-state index in [1.54, 1.807) is 34.6 Å². The number of nitrogens with zero attached hydrogens (tertiary/aromatic N) is 3. The van der Waals surface area contributed by atoms with Gasteiger partial charge in [-0.25, -0.2) is 4.79 Å². The maximum atomic E-state index is 14.5. The summed E-state index contributed by atoms with van der Waals surface area (Å²) in [4.78, 5) is 163. The van der Waals surface area contributed by atoms with Crippen LogP contribution in [-0.2, 0) is 64.0 Å². The van der Waals surface area contributed by atoms with Gasteiger partial charge in [-0.05, 0) is 80.4 Å². The van der Waals surface area contributed by atoms with Crippen LogP contribution in [0.25, 0.3) is 0 Å². The number of amides is 10. The van der Waals surface area contributed by atoms with E-state index in [0.29, 0.717) is 50.5 Å². The van der Waals surface area contributed by atoms with Crippen molar-refractivity contribution >= 4 is 71.0 Å². The molecule has 3 aliphatic heterocycles.